The molecule has 1 aromatic rings. The first-order chi connectivity index (χ1) is 8.88. The van der Waals surface area contributed by atoms with Crippen LogP contribution < -0.4 is 4.72 Å². The average Bonchev–Trinajstić information content (AvgIpc) is 2.34. The molecule has 106 valence electrons. The van der Waals surface area contributed by atoms with Crippen molar-refractivity contribution >= 4 is 31.6 Å². The van der Waals surface area contributed by atoms with E-state index in [2.05, 4.69) is 20.7 Å². The third-order valence-corrected chi connectivity index (χ3v) is 4.27. The topological polar surface area (TPSA) is 110 Å². The minimum absolute atomic E-state index is 0.0290. The zero-order chi connectivity index (χ0) is 14.5. The second-order valence-electron chi connectivity index (χ2n) is 3.70. The zero-order valence-electron chi connectivity index (χ0n) is 9.87. The van der Waals surface area contributed by atoms with E-state index in [9.17, 15) is 18.5 Å². The Morgan fingerprint density at radius 1 is 1.37 bits per heavy atom. The lowest BCUT2D eigenvalue weighted by Gasteiger charge is -2.07. The number of nitrogens with one attached hydrogen (secondary N) is 1. The first kappa shape index (κ1) is 16.0. The van der Waals surface area contributed by atoms with Gasteiger partial charge in [0, 0.05) is 23.7 Å². The molecule has 1 aromatic carbocycles. The molecule has 0 unspecified atom stereocenters. The lowest BCUT2D eigenvalue weighted by Crippen LogP contribution is -2.25. The number of benzene rings is 1. The Bertz CT molecular complexity index is 561. The van der Waals surface area contributed by atoms with E-state index in [4.69, 9.17) is 5.11 Å². The van der Waals surface area contributed by atoms with Crippen LogP contribution in [0.4, 0.5) is 5.69 Å². The minimum Gasteiger partial charge on any atom is -0.396 e. The fourth-order valence-electron chi connectivity index (χ4n) is 1.38. The number of nitro groups is 1. The van der Waals surface area contributed by atoms with E-state index in [0.29, 0.717) is 17.3 Å². The molecule has 0 aliphatic rings. The van der Waals surface area contributed by atoms with E-state index in [0.717, 1.165) is 6.07 Å². The Labute approximate surface area is 119 Å². The highest BCUT2D eigenvalue weighted by molar-refractivity contribution is 9.10. The second kappa shape index (κ2) is 6.94. The molecular weight excluding hydrogens is 340 g/mol. The fourth-order valence-corrected chi connectivity index (χ4v) is 3.16. The zero-order valence-corrected chi connectivity index (χ0v) is 12.3. The van der Waals surface area contributed by atoms with Gasteiger partial charge in [-0.2, -0.15) is 0 Å². The van der Waals surface area contributed by atoms with Crippen LogP contribution in [0.25, 0.3) is 0 Å². The molecule has 1 rings (SSSR count). The fraction of sp³-hybridized carbons (Fsp3) is 0.400. The standard InChI is InChI=1S/C10H13BrN2O5S/c11-8-3-4-9(13(15)16)10(7-8)19(17,18)12-5-1-2-6-14/h3-4,7,12,14H,1-2,5-6H2. The lowest BCUT2D eigenvalue weighted by atomic mass is 10.3. The van der Waals surface area contributed by atoms with E-state index >= 15 is 0 Å². The summed E-state index contributed by atoms with van der Waals surface area (Å²) in [6.45, 7) is 0.0886. The number of aliphatic hydroxyl groups is 1. The quantitative estimate of drug-likeness (QED) is 0.438. The molecule has 0 bridgehead atoms. The summed E-state index contributed by atoms with van der Waals surface area (Å²) in [4.78, 5) is 9.70. The van der Waals surface area contributed by atoms with Gasteiger partial charge in [0.2, 0.25) is 10.0 Å². The van der Waals surface area contributed by atoms with Gasteiger partial charge in [-0.05, 0) is 25.0 Å². The number of hydrogen-bond donors (Lipinski definition) is 2. The van der Waals surface area contributed by atoms with Crippen LogP contribution >= 0.6 is 15.9 Å². The maximum Gasteiger partial charge on any atom is 0.289 e. The molecule has 0 saturated heterocycles. The monoisotopic (exact) mass is 352 g/mol. The molecular formula is C10H13BrN2O5S. The van der Waals surface area contributed by atoms with Crippen LogP contribution in [0.1, 0.15) is 12.8 Å². The van der Waals surface area contributed by atoms with Crippen molar-refractivity contribution in [1.82, 2.24) is 4.72 Å². The molecule has 0 aromatic heterocycles. The highest BCUT2D eigenvalue weighted by Gasteiger charge is 2.25. The number of aliphatic hydroxyl groups excluding tert-OH is 1. The van der Waals surface area contributed by atoms with Gasteiger partial charge in [0.05, 0.1) is 4.92 Å². The third-order valence-electron chi connectivity index (χ3n) is 2.29. The summed E-state index contributed by atoms with van der Waals surface area (Å²) in [5, 5.41) is 19.4. The number of sulfonamides is 1. The van der Waals surface area contributed by atoms with E-state index < -0.39 is 20.6 Å². The van der Waals surface area contributed by atoms with E-state index in [1.165, 1.54) is 12.1 Å². The van der Waals surface area contributed by atoms with Crippen molar-refractivity contribution in [3.05, 3.63) is 32.8 Å². The number of hydrogen-bond acceptors (Lipinski definition) is 5. The molecule has 2 N–H and O–H groups in total. The van der Waals surface area contributed by atoms with E-state index in [1.54, 1.807) is 0 Å². The number of nitrogens with zero attached hydrogens (tertiary/aromatic N) is 1. The SMILES string of the molecule is O=[N+]([O-])c1ccc(Br)cc1S(=O)(=O)NCCCCO. The predicted octanol–water partition coefficient (Wildman–Crippen LogP) is 1.41. The highest BCUT2D eigenvalue weighted by Crippen LogP contribution is 2.26. The van der Waals surface area contributed by atoms with Gasteiger partial charge in [-0.15, -0.1) is 0 Å². The molecule has 9 heteroatoms. The van der Waals surface area contributed by atoms with Crippen LogP contribution in [0.5, 0.6) is 0 Å². The predicted molar refractivity (Wildman–Crippen MR) is 72.3 cm³/mol. The van der Waals surface area contributed by atoms with Gasteiger partial charge in [0.15, 0.2) is 4.90 Å². The third kappa shape index (κ3) is 4.53. The number of nitro benzene ring substituents is 1. The molecule has 0 spiro atoms. The van der Waals surface area contributed by atoms with E-state index in [1.807, 2.05) is 0 Å². The van der Waals surface area contributed by atoms with Gasteiger partial charge in [-0.1, -0.05) is 15.9 Å². The van der Waals surface area contributed by atoms with Crippen LogP contribution in [0.3, 0.4) is 0 Å². The first-order valence-electron chi connectivity index (χ1n) is 5.43. The number of halogens is 1. The van der Waals surface area contributed by atoms with Crippen LogP contribution in [0, 0.1) is 10.1 Å². The normalized spacial score (nSPS) is 11.5. The Balaban J connectivity index is 3.00. The summed E-state index contributed by atoms with van der Waals surface area (Å²) in [6.07, 6.45) is 0.917. The number of unbranched alkanes of at least 4 members (excludes halogenated alkanes) is 1. The molecule has 0 heterocycles. The summed E-state index contributed by atoms with van der Waals surface area (Å²) in [5.41, 5.74) is -0.474. The number of rotatable bonds is 7. The Morgan fingerprint density at radius 3 is 2.63 bits per heavy atom. The van der Waals surface area contributed by atoms with Gasteiger partial charge < -0.3 is 5.11 Å². The first-order valence-corrected chi connectivity index (χ1v) is 7.70. The summed E-state index contributed by atoms with van der Waals surface area (Å²) >= 11 is 3.08. The Hall–Kier alpha value is -1.03. The molecule has 7 nitrogen and oxygen atoms in total. The van der Waals surface area contributed by atoms with Gasteiger partial charge in [-0.3, -0.25) is 10.1 Å². The van der Waals surface area contributed by atoms with Gasteiger partial charge in [0.1, 0.15) is 0 Å². The highest BCUT2D eigenvalue weighted by atomic mass is 79.9. The van der Waals surface area contributed by atoms with E-state index in [-0.39, 0.29) is 18.0 Å². The maximum atomic E-state index is 12.0. The Kier molecular flexibility index (Phi) is 5.85. The van der Waals surface area contributed by atoms with Gasteiger partial charge in [-0.25, -0.2) is 13.1 Å². The van der Waals surface area contributed by atoms with Crippen molar-refractivity contribution in [3.63, 3.8) is 0 Å². The van der Waals surface area contributed by atoms with Gasteiger partial charge >= 0.3 is 0 Å². The largest absolute Gasteiger partial charge is 0.396 e. The van der Waals surface area contributed by atoms with Crippen molar-refractivity contribution in [2.24, 2.45) is 0 Å². The van der Waals surface area contributed by atoms with Crippen LogP contribution in [-0.4, -0.2) is 31.6 Å². The maximum absolute atomic E-state index is 12.0. The van der Waals surface area contributed by atoms with Crippen molar-refractivity contribution in [2.45, 2.75) is 17.7 Å². The van der Waals surface area contributed by atoms with Crippen LogP contribution in [0.15, 0.2) is 27.6 Å². The molecule has 19 heavy (non-hydrogen) atoms. The summed E-state index contributed by atoms with van der Waals surface area (Å²) in [7, 11) is -3.94. The van der Waals surface area contributed by atoms with Crippen molar-refractivity contribution < 1.29 is 18.4 Å². The molecule has 0 fully saturated rings. The molecule has 0 saturated carbocycles. The summed E-state index contributed by atoms with van der Waals surface area (Å²) in [6, 6.07) is 3.72. The van der Waals surface area contributed by atoms with Crippen molar-refractivity contribution in [3.8, 4) is 0 Å². The Morgan fingerprint density at radius 2 is 2.05 bits per heavy atom. The molecule has 0 radical (unpaired) electrons. The average molecular weight is 353 g/mol. The molecule has 0 aliphatic carbocycles. The smallest absolute Gasteiger partial charge is 0.289 e. The molecule has 0 atom stereocenters. The van der Waals surface area contributed by atoms with Crippen LogP contribution in [-0.2, 0) is 10.0 Å². The van der Waals surface area contributed by atoms with Gasteiger partial charge in [0.25, 0.3) is 5.69 Å². The summed E-state index contributed by atoms with van der Waals surface area (Å²) < 4.78 is 26.7. The minimum atomic E-state index is -3.94. The molecule has 0 amide bonds. The van der Waals surface area contributed by atoms with Crippen molar-refractivity contribution in [1.29, 1.82) is 0 Å². The van der Waals surface area contributed by atoms with Crippen molar-refractivity contribution in [2.75, 3.05) is 13.2 Å². The summed E-state index contributed by atoms with van der Waals surface area (Å²) in [5.74, 6) is 0. The van der Waals surface area contributed by atoms with Crippen LogP contribution in [0.2, 0.25) is 0 Å². The second-order valence-corrected chi connectivity index (χ2v) is 6.35. The lowest BCUT2D eigenvalue weighted by molar-refractivity contribution is -0.387. The molecule has 0 aliphatic heterocycles.